The Morgan fingerprint density at radius 3 is 3.12 bits per heavy atom. The number of nitrogens with zero attached hydrogens (tertiary/aromatic N) is 2. The quantitative estimate of drug-likeness (QED) is 0.656. The number of ether oxygens (including phenoxy) is 2. The molecule has 0 radical (unpaired) electrons. The van der Waals surface area contributed by atoms with Gasteiger partial charge in [0.15, 0.2) is 5.13 Å². The van der Waals surface area contributed by atoms with E-state index in [4.69, 9.17) is 9.47 Å². The van der Waals surface area contributed by atoms with Gasteiger partial charge in [0.05, 0.1) is 6.61 Å². The van der Waals surface area contributed by atoms with Crippen molar-refractivity contribution in [2.75, 3.05) is 11.9 Å². The van der Waals surface area contributed by atoms with Gasteiger partial charge in [0.25, 0.3) is 5.91 Å². The van der Waals surface area contributed by atoms with Crippen LogP contribution < -0.4 is 14.8 Å². The Bertz CT molecular complexity index is 853. The molecule has 0 spiro atoms. The number of carbonyl (C=O) groups excluding carboxylic acids is 1. The predicted molar refractivity (Wildman–Crippen MR) is 95.7 cm³/mol. The van der Waals surface area contributed by atoms with Gasteiger partial charge in [0, 0.05) is 29.1 Å². The topological polar surface area (TPSA) is 84.2 Å². The molecule has 25 heavy (non-hydrogen) atoms. The average molecular weight is 355 g/mol. The highest BCUT2D eigenvalue weighted by molar-refractivity contribution is 7.13. The van der Waals surface area contributed by atoms with E-state index < -0.39 is 5.91 Å². The van der Waals surface area contributed by atoms with Crippen LogP contribution in [-0.4, -0.2) is 23.6 Å². The standard InChI is InChI=1S/C18H17N3O3S/c1-3-23-15-8-12-6-11(2)24-16(12)9-13(15)7-14(10-19)17(22)21-18-20-4-5-25-18/h4-5,7-9,11H,3,6H2,1-2H3,(H,20,21,22). The molecule has 0 saturated heterocycles. The molecule has 0 fully saturated rings. The lowest BCUT2D eigenvalue weighted by Crippen LogP contribution is -2.13. The lowest BCUT2D eigenvalue weighted by atomic mass is 10.0. The Morgan fingerprint density at radius 2 is 2.44 bits per heavy atom. The lowest BCUT2D eigenvalue weighted by Gasteiger charge is -2.10. The zero-order valence-corrected chi connectivity index (χ0v) is 14.7. The Hall–Kier alpha value is -2.85. The maximum atomic E-state index is 12.3. The van der Waals surface area contributed by atoms with E-state index in [-0.39, 0.29) is 11.7 Å². The number of anilines is 1. The molecule has 1 N–H and O–H groups in total. The number of hydrogen-bond acceptors (Lipinski definition) is 6. The highest BCUT2D eigenvalue weighted by Gasteiger charge is 2.22. The monoisotopic (exact) mass is 355 g/mol. The van der Waals surface area contributed by atoms with E-state index in [9.17, 15) is 10.1 Å². The number of hydrogen-bond donors (Lipinski definition) is 1. The van der Waals surface area contributed by atoms with Gasteiger partial charge in [-0.05, 0) is 32.1 Å². The van der Waals surface area contributed by atoms with E-state index in [2.05, 4.69) is 10.3 Å². The maximum Gasteiger partial charge on any atom is 0.268 e. The van der Waals surface area contributed by atoms with E-state index in [1.165, 1.54) is 17.4 Å². The third-order valence-corrected chi connectivity index (χ3v) is 4.33. The predicted octanol–water partition coefficient (Wildman–Crippen LogP) is 3.41. The van der Waals surface area contributed by atoms with Crippen LogP contribution in [0.2, 0.25) is 0 Å². The minimum atomic E-state index is -0.505. The number of thiazole rings is 1. The summed E-state index contributed by atoms with van der Waals surface area (Å²) < 4.78 is 11.4. The molecule has 1 amide bonds. The summed E-state index contributed by atoms with van der Waals surface area (Å²) in [6, 6.07) is 5.67. The van der Waals surface area contributed by atoms with Crippen molar-refractivity contribution < 1.29 is 14.3 Å². The second-order valence-electron chi connectivity index (χ2n) is 5.52. The zero-order valence-electron chi connectivity index (χ0n) is 13.9. The SMILES string of the molecule is CCOc1cc2c(cc1C=C(C#N)C(=O)Nc1nccs1)OC(C)C2. The molecule has 2 heterocycles. The van der Waals surface area contributed by atoms with Gasteiger partial charge in [-0.3, -0.25) is 10.1 Å². The number of benzene rings is 1. The molecule has 128 valence electrons. The third-order valence-electron chi connectivity index (χ3n) is 3.65. The summed E-state index contributed by atoms with van der Waals surface area (Å²) in [5.74, 6) is 0.892. The molecule has 0 saturated carbocycles. The van der Waals surface area contributed by atoms with Crippen LogP contribution in [0.4, 0.5) is 5.13 Å². The van der Waals surface area contributed by atoms with E-state index in [1.54, 1.807) is 11.6 Å². The van der Waals surface area contributed by atoms with E-state index >= 15 is 0 Å². The Balaban J connectivity index is 1.93. The minimum absolute atomic E-state index is 0.0258. The van der Waals surface area contributed by atoms with Crippen LogP contribution in [0, 0.1) is 11.3 Å². The highest BCUT2D eigenvalue weighted by atomic mass is 32.1. The summed E-state index contributed by atoms with van der Waals surface area (Å²) in [5, 5.41) is 14.2. The molecule has 0 aliphatic carbocycles. The molecule has 1 aromatic heterocycles. The van der Waals surface area contributed by atoms with Gasteiger partial charge in [0.2, 0.25) is 0 Å². The van der Waals surface area contributed by atoms with E-state index in [1.807, 2.05) is 32.0 Å². The summed E-state index contributed by atoms with van der Waals surface area (Å²) >= 11 is 1.29. The molecule has 7 heteroatoms. The normalized spacial score (nSPS) is 15.9. The first-order valence-corrected chi connectivity index (χ1v) is 8.77. The fourth-order valence-corrected chi connectivity index (χ4v) is 3.13. The average Bonchev–Trinajstić information content (AvgIpc) is 3.21. The van der Waals surface area contributed by atoms with Crippen LogP contribution in [0.1, 0.15) is 25.0 Å². The Morgan fingerprint density at radius 1 is 1.60 bits per heavy atom. The first-order chi connectivity index (χ1) is 12.1. The Kier molecular flexibility index (Phi) is 5.00. The fourth-order valence-electron chi connectivity index (χ4n) is 2.60. The van der Waals surface area contributed by atoms with Crippen molar-refractivity contribution >= 4 is 28.5 Å². The molecule has 6 nitrogen and oxygen atoms in total. The highest BCUT2D eigenvalue weighted by Crippen LogP contribution is 2.36. The first-order valence-electron chi connectivity index (χ1n) is 7.89. The van der Waals surface area contributed by atoms with Gasteiger partial charge in [-0.1, -0.05) is 0 Å². The molecular formula is C18H17N3O3S. The summed E-state index contributed by atoms with van der Waals surface area (Å²) in [6.45, 7) is 4.38. The summed E-state index contributed by atoms with van der Waals surface area (Å²) in [4.78, 5) is 16.3. The molecule has 0 bridgehead atoms. The third kappa shape index (κ3) is 3.80. The van der Waals surface area contributed by atoms with Crippen molar-refractivity contribution in [1.29, 1.82) is 5.26 Å². The molecule has 1 aromatic carbocycles. The van der Waals surface area contributed by atoms with Crippen LogP contribution in [-0.2, 0) is 11.2 Å². The van der Waals surface area contributed by atoms with Gasteiger partial charge >= 0.3 is 0 Å². The van der Waals surface area contributed by atoms with Crippen molar-refractivity contribution in [2.24, 2.45) is 0 Å². The van der Waals surface area contributed by atoms with Gasteiger partial charge in [0.1, 0.15) is 29.2 Å². The van der Waals surface area contributed by atoms with Crippen molar-refractivity contribution in [2.45, 2.75) is 26.4 Å². The number of rotatable bonds is 5. The van der Waals surface area contributed by atoms with E-state index in [0.717, 1.165) is 17.7 Å². The van der Waals surface area contributed by atoms with Crippen LogP contribution in [0.15, 0.2) is 29.3 Å². The van der Waals surface area contributed by atoms with Crippen LogP contribution in [0.5, 0.6) is 11.5 Å². The van der Waals surface area contributed by atoms with Gasteiger partial charge in [-0.2, -0.15) is 5.26 Å². The number of aromatic nitrogens is 1. The fraction of sp³-hybridized carbons (Fsp3) is 0.278. The number of amides is 1. The number of nitrogens with one attached hydrogen (secondary N) is 1. The number of fused-ring (bicyclic) bond motifs is 1. The molecule has 2 aromatic rings. The Labute approximate surface area is 149 Å². The van der Waals surface area contributed by atoms with Crippen LogP contribution in [0.3, 0.4) is 0 Å². The maximum absolute atomic E-state index is 12.3. The van der Waals surface area contributed by atoms with Gasteiger partial charge in [-0.15, -0.1) is 11.3 Å². The molecular weight excluding hydrogens is 338 g/mol. The second-order valence-corrected chi connectivity index (χ2v) is 6.42. The first kappa shape index (κ1) is 17.0. The smallest absolute Gasteiger partial charge is 0.268 e. The molecule has 1 atom stereocenters. The molecule has 3 rings (SSSR count). The van der Waals surface area contributed by atoms with E-state index in [0.29, 0.717) is 23.1 Å². The van der Waals surface area contributed by atoms with Gasteiger partial charge < -0.3 is 9.47 Å². The molecule has 1 aliphatic heterocycles. The summed E-state index contributed by atoms with van der Waals surface area (Å²) in [7, 11) is 0. The van der Waals surface area contributed by atoms with Crippen molar-refractivity contribution in [3.63, 3.8) is 0 Å². The zero-order chi connectivity index (χ0) is 17.8. The minimum Gasteiger partial charge on any atom is -0.493 e. The second kappa shape index (κ2) is 7.36. The molecule has 1 aliphatic rings. The van der Waals surface area contributed by atoms with Crippen LogP contribution in [0.25, 0.3) is 6.08 Å². The number of nitriles is 1. The summed E-state index contributed by atoms with van der Waals surface area (Å²) in [5.41, 5.74) is 1.68. The van der Waals surface area contributed by atoms with Crippen molar-refractivity contribution in [3.05, 3.63) is 40.4 Å². The van der Waals surface area contributed by atoms with Crippen LogP contribution >= 0.6 is 11.3 Å². The molecule has 1 unspecified atom stereocenters. The van der Waals surface area contributed by atoms with Crippen molar-refractivity contribution in [3.8, 4) is 17.6 Å². The van der Waals surface area contributed by atoms with Gasteiger partial charge in [-0.25, -0.2) is 4.98 Å². The largest absolute Gasteiger partial charge is 0.493 e. The van der Waals surface area contributed by atoms with Crippen molar-refractivity contribution in [1.82, 2.24) is 4.98 Å². The summed E-state index contributed by atoms with van der Waals surface area (Å²) in [6.07, 6.45) is 4.02. The lowest BCUT2D eigenvalue weighted by molar-refractivity contribution is -0.112. The number of carbonyl (C=O) groups is 1.